The maximum Gasteiger partial charge on any atom is 0.0366 e. The molecular weight excluding hydrogens is 266 g/mol. The molecular formula is C21H35N. The predicted molar refractivity (Wildman–Crippen MR) is 98.6 cm³/mol. The van der Waals surface area contributed by atoms with Crippen molar-refractivity contribution in [3.8, 4) is 0 Å². The standard InChI is InChI=1S/C21H35N/c1-5-18(4)16-20-8-10-21(11-9-20)22-14-12-19(13-15-22)7-6-17(2)3/h8-11,17-19H,5-7,12-16H2,1-4H3. The van der Waals surface area contributed by atoms with Gasteiger partial charge in [0.25, 0.3) is 0 Å². The van der Waals surface area contributed by atoms with Gasteiger partial charge in [-0.3, -0.25) is 0 Å². The van der Waals surface area contributed by atoms with Crippen LogP contribution >= 0.6 is 0 Å². The predicted octanol–water partition coefficient (Wildman–Crippen LogP) is 5.93. The summed E-state index contributed by atoms with van der Waals surface area (Å²) < 4.78 is 0. The third-order valence-corrected chi connectivity index (χ3v) is 5.35. The molecule has 0 N–H and O–H groups in total. The van der Waals surface area contributed by atoms with E-state index >= 15 is 0 Å². The van der Waals surface area contributed by atoms with Gasteiger partial charge in [0.05, 0.1) is 0 Å². The second-order valence-electron chi connectivity index (χ2n) is 7.79. The van der Waals surface area contributed by atoms with Crippen LogP contribution in [0.15, 0.2) is 24.3 Å². The van der Waals surface area contributed by atoms with Crippen molar-refractivity contribution >= 4 is 5.69 Å². The van der Waals surface area contributed by atoms with Crippen LogP contribution < -0.4 is 4.90 Å². The van der Waals surface area contributed by atoms with Crippen molar-refractivity contribution in [3.63, 3.8) is 0 Å². The summed E-state index contributed by atoms with van der Waals surface area (Å²) in [7, 11) is 0. The van der Waals surface area contributed by atoms with Crippen LogP contribution in [0.5, 0.6) is 0 Å². The molecule has 1 aliphatic heterocycles. The van der Waals surface area contributed by atoms with Gasteiger partial charge in [0.2, 0.25) is 0 Å². The molecule has 0 spiro atoms. The van der Waals surface area contributed by atoms with Gasteiger partial charge in [-0.25, -0.2) is 0 Å². The smallest absolute Gasteiger partial charge is 0.0366 e. The minimum Gasteiger partial charge on any atom is -0.372 e. The van der Waals surface area contributed by atoms with Crippen molar-refractivity contribution in [1.82, 2.24) is 0 Å². The third-order valence-electron chi connectivity index (χ3n) is 5.35. The van der Waals surface area contributed by atoms with Gasteiger partial charge >= 0.3 is 0 Å². The minimum absolute atomic E-state index is 0.794. The average molecular weight is 302 g/mol. The molecule has 1 nitrogen and oxygen atoms in total. The van der Waals surface area contributed by atoms with E-state index in [9.17, 15) is 0 Å². The second-order valence-corrected chi connectivity index (χ2v) is 7.79. The number of hydrogen-bond acceptors (Lipinski definition) is 1. The van der Waals surface area contributed by atoms with Crippen LogP contribution in [-0.2, 0) is 6.42 Å². The van der Waals surface area contributed by atoms with Gasteiger partial charge < -0.3 is 4.90 Å². The van der Waals surface area contributed by atoms with Crippen LogP contribution in [0.25, 0.3) is 0 Å². The Morgan fingerprint density at radius 3 is 2.23 bits per heavy atom. The monoisotopic (exact) mass is 301 g/mol. The maximum absolute atomic E-state index is 2.58. The van der Waals surface area contributed by atoms with Gasteiger partial charge in [-0.15, -0.1) is 0 Å². The summed E-state index contributed by atoms with van der Waals surface area (Å²) in [5.41, 5.74) is 2.92. The number of hydrogen-bond donors (Lipinski definition) is 0. The summed E-state index contributed by atoms with van der Waals surface area (Å²) in [6.07, 6.45) is 8.07. The van der Waals surface area contributed by atoms with E-state index in [1.165, 1.54) is 62.9 Å². The molecule has 0 bridgehead atoms. The van der Waals surface area contributed by atoms with Gasteiger partial charge in [0.15, 0.2) is 0 Å². The Hall–Kier alpha value is -0.980. The molecule has 0 amide bonds. The molecule has 1 aromatic rings. The Balaban J connectivity index is 1.81. The van der Waals surface area contributed by atoms with Crippen LogP contribution in [0.1, 0.15) is 65.4 Å². The molecule has 1 heterocycles. The zero-order valence-corrected chi connectivity index (χ0v) is 15.1. The SMILES string of the molecule is CCC(C)Cc1ccc(N2CCC(CCC(C)C)CC2)cc1. The Labute approximate surface area is 138 Å². The molecule has 124 valence electrons. The van der Waals surface area contributed by atoms with E-state index in [0.717, 1.165) is 17.8 Å². The molecule has 0 aromatic heterocycles. The molecule has 1 atom stereocenters. The summed E-state index contributed by atoms with van der Waals surface area (Å²) in [5.74, 6) is 2.61. The topological polar surface area (TPSA) is 3.24 Å². The summed E-state index contributed by atoms with van der Waals surface area (Å²) in [4.78, 5) is 2.58. The minimum atomic E-state index is 0.794. The fourth-order valence-electron chi connectivity index (χ4n) is 3.44. The Kier molecular flexibility index (Phi) is 6.79. The maximum atomic E-state index is 2.58. The lowest BCUT2D eigenvalue weighted by atomic mass is 9.89. The highest BCUT2D eigenvalue weighted by Gasteiger charge is 2.19. The number of piperidine rings is 1. The first-order chi connectivity index (χ1) is 10.6. The van der Waals surface area contributed by atoms with Crippen molar-refractivity contribution in [2.45, 2.75) is 66.2 Å². The highest BCUT2D eigenvalue weighted by Crippen LogP contribution is 2.27. The van der Waals surface area contributed by atoms with Crippen LogP contribution in [0.4, 0.5) is 5.69 Å². The Bertz CT molecular complexity index is 412. The second kappa shape index (κ2) is 8.60. The first-order valence-corrected chi connectivity index (χ1v) is 9.42. The molecule has 0 aliphatic carbocycles. The van der Waals surface area contributed by atoms with E-state index in [4.69, 9.17) is 0 Å². The molecule has 1 fully saturated rings. The average Bonchev–Trinajstić information content (AvgIpc) is 2.54. The molecule has 1 aliphatic rings. The third kappa shape index (κ3) is 5.34. The van der Waals surface area contributed by atoms with E-state index in [2.05, 4.69) is 56.9 Å². The molecule has 0 saturated carbocycles. The number of benzene rings is 1. The van der Waals surface area contributed by atoms with Crippen molar-refractivity contribution < 1.29 is 0 Å². The summed E-state index contributed by atoms with van der Waals surface area (Å²) >= 11 is 0. The molecule has 0 radical (unpaired) electrons. The number of rotatable bonds is 7. The number of anilines is 1. The fraction of sp³-hybridized carbons (Fsp3) is 0.714. The van der Waals surface area contributed by atoms with Gasteiger partial charge in [-0.1, -0.05) is 59.1 Å². The fourth-order valence-corrected chi connectivity index (χ4v) is 3.44. The van der Waals surface area contributed by atoms with Gasteiger partial charge in [0, 0.05) is 18.8 Å². The summed E-state index contributed by atoms with van der Waals surface area (Å²) in [6, 6.07) is 9.36. The quantitative estimate of drug-likeness (QED) is 0.603. The largest absolute Gasteiger partial charge is 0.372 e. The molecule has 22 heavy (non-hydrogen) atoms. The van der Waals surface area contributed by atoms with Crippen molar-refractivity contribution in [3.05, 3.63) is 29.8 Å². The molecule has 2 rings (SSSR count). The van der Waals surface area contributed by atoms with Gasteiger partial charge in [-0.05, 0) is 54.7 Å². The van der Waals surface area contributed by atoms with Crippen LogP contribution in [0.3, 0.4) is 0 Å². The molecule has 1 saturated heterocycles. The van der Waals surface area contributed by atoms with E-state index in [1.54, 1.807) is 0 Å². The van der Waals surface area contributed by atoms with Crippen molar-refractivity contribution in [2.24, 2.45) is 17.8 Å². The molecule has 1 unspecified atom stereocenters. The van der Waals surface area contributed by atoms with E-state index < -0.39 is 0 Å². The highest BCUT2D eigenvalue weighted by molar-refractivity contribution is 5.48. The summed E-state index contributed by atoms with van der Waals surface area (Å²) in [5, 5.41) is 0. The lowest BCUT2D eigenvalue weighted by molar-refractivity contribution is 0.351. The first-order valence-electron chi connectivity index (χ1n) is 9.42. The number of nitrogens with zero attached hydrogens (tertiary/aromatic N) is 1. The Morgan fingerprint density at radius 2 is 1.68 bits per heavy atom. The normalized spacial score (nSPS) is 18.0. The molecule has 1 aromatic carbocycles. The lowest BCUT2D eigenvalue weighted by Crippen LogP contribution is -2.33. The molecule has 1 heteroatoms. The lowest BCUT2D eigenvalue weighted by Gasteiger charge is -2.34. The zero-order chi connectivity index (χ0) is 15.9. The first kappa shape index (κ1) is 17.4. The van der Waals surface area contributed by atoms with E-state index in [-0.39, 0.29) is 0 Å². The van der Waals surface area contributed by atoms with Gasteiger partial charge in [0.1, 0.15) is 0 Å². The van der Waals surface area contributed by atoms with Gasteiger partial charge in [-0.2, -0.15) is 0 Å². The van der Waals surface area contributed by atoms with E-state index in [0.29, 0.717) is 0 Å². The van der Waals surface area contributed by atoms with E-state index in [1.807, 2.05) is 0 Å². The summed E-state index contributed by atoms with van der Waals surface area (Å²) in [6.45, 7) is 11.8. The van der Waals surface area contributed by atoms with Crippen LogP contribution in [-0.4, -0.2) is 13.1 Å². The van der Waals surface area contributed by atoms with Crippen molar-refractivity contribution in [1.29, 1.82) is 0 Å². The zero-order valence-electron chi connectivity index (χ0n) is 15.1. The van der Waals surface area contributed by atoms with Crippen molar-refractivity contribution in [2.75, 3.05) is 18.0 Å². The van der Waals surface area contributed by atoms with Crippen LogP contribution in [0, 0.1) is 17.8 Å². The van der Waals surface area contributed by atoms with Crippen LogP contribution in [0.2, 0.25) is 0 Å². The Morgan fingerprint density at radius 1 is 1.05 bits per heavy atom. The highest BCUT2D eigenvalue weighted by atomic mass is 15.1.